The third kappa shape index (κ3) is 7.53. The van der Waals surface area contributed by atoms with E-state index in [1.807, 2.05) is 12.1 Å². The minimum atomic E-state index is 0.528. The average Bonchev–Trinajstić information content (AvgIpc) is 2.37. The fourth-order valence-electron chi connectivity index (χ4n) is 1.63. The molecule has 0 atom stereocenters. The molecule has 18 heavy (non-hydrogen) atoms. The van der Waals surface area contributed by atoms with E-state index < -0.39 is 0 Å². The number of ether oxygens (including phenoxy) is 1. The molecule has 0 aliphatic carbocycles. The fourth-order valence-corrected chi connectivity index (χ4v) is 2.07. The first-order valence-electron chi connectivity index (χ1n) is 6.61. The summed E-state index contributed by atoms with van der Waals surface area (Å²) in [6.45, 7) is 3.38. The largest absolute Gasteiger partial charge is 0.364 e. The summed E-state index contributed by atoms with van der Waals surface area (Å²) in [6.07, 6.45) is 6.11. The second-order valence-corrected chi connectivity index (χ2v) is 5.20. The standard InChI is InChI=1S/C16H21BrO/c1-2-3-4-5-6-7-8-12-18-14-15-10-9-11-16(17)13-15/h9-11,13H,2-6,12,14H2,1H3. The van der Waals surface area contributed by atoms with E-state index in [0.29, 0.717) is 13.2 Å². The van der Waals surface area contributed by atoms with Crippen LogP contribution in [-0.2, 0) is 11.3 Å². The summed E-state index contributed by atoms with van der Waals surface area (Å²) in [5.74, 6) is 6.22. The lowest BCUT2D eigenvalue weighted by Gasteiger charge is -2.00. The first-order chi connectivity index (χ1) is 8.83. The molecule has 0 saturated heterocycles. The van der Waals surface area contributed by atoms with Gasteiger partial charge < -0.3 is 4.74 Å². The number of rotatable bonds is 7. The van der Waals surface area contributed by atoms with Crippen LogP contribution < -0.4 is 0 Å². The Morgan fingerprint density at radius 1 is 1.17 bits per heavy atom. The molecule has 0 amide bonds. The molecule has 1 aromatic rings. The molecule has 0 aliphatic rings. The Morgan fingerprint density at radius 2 is 2.06 bits per heavy atom. The van der Waals surface area contributed by atoms with Gasteiger partial charge >= 0.3 is 0 Å². The van der Waals surface area contributed by atoms with Crippen LogP contribution in [0.1, 0.15) is 44.6 Å². The van der Waals surface area contributed by atoms with Gasteiger partial charge in [-0.2, -0.15) is 0 Å². The van der Waals surface area contributed by atoms with E-state index in [1.165, 1.54) is 31.2 Å². The van der Waals surface area contributed by atoms with Gasteiger partial charge in [-0.15, -0.1) is 5.92 Å². The van der Waals surface area contributed by atoms with E-state index in [9.17, 15) is 0 Å². The lowest BCUT2D eigenvalue weighted by atomic mass is 10.2. The fraction of sp³-hybridized carbons (Fsp3) is 0.500. The van der Waals surface area contributed by atoms with Crippen LogP contribution in [0.4, 0.5) is 0 Å². The predicted octanol–water partition coefficient (Wildman–Crippen LogP) is 4.94. The van der Waals surface area contributed by atoms with Crippen molar-refractivity contribution in [3.8, 4) is 11.8 Å². The molecule has 0 saturated carbocycles. The van der Waals surface area contributed by atoms with E-state index >= 15 is 0 Å². The van der Waals surface area contributed by atoms with E-state index in [4.69, 9.17) is 4.74 Å². The Labute approximate surface area is 119 Å². The summed E-state index contributed by atoms with van der Waals surface area (Å²) in [4.78, 5) is 0. The summed E-state index contributed by atoms with van der Waals surface area (Å²) in [5, 5.41) is 0. The summed E-state index contributed by atoms with van der Waals surface area (Å²) in [5.41, 5.74) is 1.18. The van der Waals surface area contributed by atoms with E-state index in [-0.39, 0.29) is 0 Å². The Kier molecular flexibility index (Phi) is 8.63. The van der Waals surface area contributed by atoms with Crippen molar-refractivity contribution in [3.63, 3.8) is 0 Å². The molecule has 0 fully saturated rings. The van der Waals surface area contributed by atoms with E-state index in [0.717, 1.165) is 10.9 Å². The molecule has 0 N–H and O–H groups in total. The first-order valence-corrected chi connectivity index (χ1v) is 7.40. The maximum atomic E-state index is 5.51. The number of unbranched alkanes of at least 4 members (excludes halogenated alkanes) is 4. The van der Waals surface area contributed by atoms with Crippen LogP contribution in [0.25, 0.3) is 0 Å². The van der Waals surface area contributed by atoms with Gasteiger partial charge in [-0.25, -0.2) is 0 Å². The van der Waals surface area contributed by atoms with Crippen LogP contribution in [0.15, 0.2) is 28.7 Å². The van der Waals surface area contributed by atoms with Crippen LogP contribution in [-0.4, -0.2) is 6.61 Å². The molecule has 1 nitrogen and oxygen atoms in total. The van der Waals surface area contributed by atoms with E-state index in [2.05, 4.69) is 46.8 Å². The highest BCUT2D eigenvalue weighted by Gasteiger charge is 1.92. The second-order valence-electron chi connectivity index (χ2n) is 4.29. The molecule has 0 spiro atoms. The van der Waals surface area contributed by atoms with Crippen molar-refractivity contribution in [1.82, 2.24) is 0 Å². The average molecular weight is 309 g/mol. The van der Waals surface area contributed by atoms with Crippen LogP contribution in [0, 0.1) is 11.8 Å². The smallest absolute Gasteiger partial charge is 0.108 e. The Morgan fingerprint density at radius 3 is 2.83 bits per heavy atom. The topological polar surface area (TPSA) is 9.23 Å². The van der Waals surface area contributed by atoms with Gasteiger partial charge in [-0.3, -0.25) is 0 Å². The normalized spacial score (nSPS) is 9.89. The van der Waals surface area contributed by atoms with Crippen molar-refractivity contribution in [2.24, 2.45) is 0 Å². The Hall–Kier alpha value is -0.780. The minimum Gasteiger partial charge on any atom is -0.364 e. The number of hydrogen-bond acceptors (Lipinski definition) is 1. The van der Waals surface area contributed by atoms with Crippen molar-refractivity contribution >= 4 is 15.9 Å². The van der Waals surface area contributed by atoms with Crippen molar-refractivity contribution in [3.05, 3.63) is 34.3 Å². The van der Waals surface area contributed by atoms with Gasteiger partial charge in [-0.1, -0.05) is 60.2 Å². The highest BCUT2D eigenvalue weighted by Crippen LogP contribution is 2.12. The molecule has 1 aromatic carbocycles. The van der Waals surface area contributed by atoms with Gasteiger partial charge in [0.2, 0.25) is 0 Å². The Bertz CT molecular complexity index is 390. The molecular formula is C16H21BrO. The molecule has 98 valence electrons. The molecule has 2 heteroatoms. The monoisotopic (exact) mass is 308 g/mol. The van der Waals surface area contributed by atoms with Crippen molar-refractivity contribution in [1.29, 1.82) is 0 Å². The summed E-state index contributed by atoms with van der Waals surface area (Å²) < 4.78 is 6.60. The van der Waals surface area contributed by atoms with Crippen molar-refractivity contribution in [2.75, 3.05) is 6.61 Å². The third-order valence-electron chi connectivity index (χ3n) is 2.61. The zero-order chi connectivity index (χ0) is 13.1. The van der Waals surface area contributed by atoms with Crippen molar-refractivity contribution in [2.45, 2.75) is 45.6 Å². The minimum absolute atomic E-state index is 0.528. The zero-order valence-electron chi connectivity index (χ0n) is 11.0. The van der Waals surface area contributed by atoms with E-state index in [1.54, 1.807) is 0 Å². The molecular weight excluding hydrogens is 288 g/mol. The lowest BCUT2D eigenvalue weighted by molar-refractivity contribution is 0.153. The summed E-state index contributed by atoms with van der Waals surface area (Å²) >= 11 is 3.44. The third-order valence-corrected chi connectivity index (χ3v) is 3.11. The molecule has 1 rings (SSSR count). The van der Waals surface area contributed by atoms with Crippen LogP contribution >= 0.6 is 15.9 Å². The summed E-state index contributed by atoms with van der Waals surface area (Å²) in [7, 11) is 0. The van der Waals surface area contributed by atoms with Gasteiger partial charge in [0.05, 0.1) is 6.61 Å². The van der Waals surface area contributed by atoms with Crippen LogP contribution in [0.2, 0.25) is 0 Å². The Balaban J connectivity index is 2.06. The number of hydrogen-bond donors (Lipinski definition) is 0. The zero-order valence-corrected chi connectivity index (χ0v) is 12.6. The molecule has 0 radical (unpaired) electrons. The van der Waals surface area contributed by atoms with Gasteiger partial charge in [0.1, 0.15) is 6.61 Å². The van der Waals surface area contributed by atoms with Gasteiger partial charge in [-0.05, 0) is 24.1 Å². The second kappa shape index (κ2) is 10.2. The first kappa shape index (κ1) is 15.3. The molecule has 0 bridgehead atoms. The molecule has 0 heterocycles. The van der Waals surface area contributed by atoms with Crippen LogP contribution in [0.5, 0.6) is 0 Å². The van der Waals surface area contributed by atoms with Gasteiger partial charge in [0, 0.05) is 10.9 Å². The maximum absolute atomic E-state index is 5.51. The highest BCUT2D eigenvalue weighted by molar-refractivity contribution is 9.10. The quantitative estimate of drug-likeness (QED) is 0.512. The van der Waals surface area contributed by atoms with Crippen molar-refractivity contribution < 1.29 is 4.74 Å². The van der Waals surface area contributed by atoms with Crippen LogP contribution in [0.3, 0.4) is 0 Å². The number of halogens is 1. The molecule has 0 aliphatic heterocycles. The summed E-state index contributed by atoms with van der Waals surface area (Å²) in [6, 6.07) is 8.16. The molecule has 0 unspecified atom stereocenters. The predicted molar refractivity (Wildman–Crippen MR) is 80.3 cm³/mol. The number of benzene rings is 1. The lowest BCUT2D eigenvalue weighted by Crippen LogP contribution is -1.92. The molecule has 0 aromatic heterocycles. The highest BCUT2D eigenvalue weighted by atomic mass is 79.9. The maximum Gasteiger partial charge on any atom is 0.108 e. The van der Waals surface area contributed by atoms with Gasteiger partial charge in [0.15, 0.2) is 0 Å². The SMILES string of the molecule is CCCCCCC#CCOCc1cccc(Br)c1. The van der Waals surface area contributed by atoms with Gasteiger partial charge in [0.25, 0.3) is 0 Å².